The van der Waals surface area contributed by atoms with Crippen LogP contribution in [0.15, 0.2) is 22.7 Å². The smallest absolute Gasteiger partial charge is 0.170 e. The zero-order valence-corrected chi connectivity index (χ0v) is 12.8. The summed E-state index contributed by atoms with van der Waals surface area (Å²) in [6.07, 6.45) is 1.97. The van der Waals surface area contributed by atoms with E-state index in [1.54, 1.807) is 0 Å². The topological polar surface area (TPSA) is 35.5 Å². The van der Waals surface area contributed by atoms with E-state index in [-0.39, 0.29) is 18.0 Å². The van der Waals surface area contributed by atoms with Crippen molar-refractivity contribution >= 4 is 34.3 Å². The number of rotatable bonds is 1. The molecule has 3 nitrogen and oxygen atoms in total. The van der Waals surface area contributed by atoms with E-state index in [0.717, 1.165) is 17.3 Å². The molecule has 0 saturated carbocycles. The van der Waals surface area contributed by atoms with E-state index in [1.807, 2.05) is 18.2 Å². The summed E-state index contributed by atoms with van der Waals surface area (Å²) in [6.45, 7) is 0.695. The molecule has 0 amide bonds. The summed E-state index contributed by atoms with van der Waals surface area (Å²) < 4.78 is 12.6. The van der Waals surface area contributed by atoms with Crippen LogP contribution in [0, 0.1) is 0 Å². The van der Waals surface area contributed by atoms with Crippen molar-refractivity contribution in [1.29, 1.82) is 0 Å². The molecular weight excluding hydrogens is 328 g/mol. The number of thiol groups is 1. The zero-order valence-electron chi connectivity index (χ0n) is 10.3. The third-order valence-electron chi connectivity index (χ3n) is 3.61. The van der Waals surface area contributed by atoms with Gasteiger partial charge in [-0.25, -0.2) is 0 Å². The van der Waals surface area contributed by atoms with Gasteiger partial charge in [-0.1, -0.05) is 15.9 Å². The first-order chi connectivity index (χ1) is 9.13. The van der Waals surface area contributed by atoms with Crippen LogP contribution in [0.2, 0.25) is 0 Å². The third-order valence-corrected chi connectivity index (χ3v) is 4.57. The number of carbonyl (C=O) groups is 1. The normalized spacial score (nSPS) is 30.6. The molecule has 0 radical (unpaired) electrons. The highest BCUT2D eigenvalue weighted by Gasteiger charge is 2.35. The molecule has 5 heteroatoms. The summed E-state index contributed by atoms with van der Waals surface area (Å²) in [5, 5.41) is 0.337. The van der Waals surface area contributed by atoms with E-state index in [0.29, 0.717) is 29.6 Å². The fraction of sp³-hybridized carbons (Fsp3) is 0.500. The van der Waals surface area contributed by atoms with Crippen molar-refractivity contribution in [1.82, 2.24) is 0 Å². The van der Waals surface area contributed by atoms with Gasteiger partial charge >= 0.3 is 0 Å². The molecular formula is C14H15BrO3S. The van der Waals surface area contributed by atoms with Crippen molar-refractivity contribution in [3.8, 4) is 5.75 Å². The minimum atomic E-state index is -0.184. The van der Waals surface area contributed by atoms with Crippen molar-refractivity contribution in [2.75, 3.05) is 6.61 Å². The van der Waals surface area contributed by atoms with E-state index in [2.05, 4.69) is 28.6 Å². The number of carbonyl (C=O) groups excluding carboxylic acids is 1. The number of benzene rings is 1. The SMILES string of the molecule is O=C1CC(C2CC(S)CCO2)Oc2ccc(Br)cc21. The Kier molecular flexibility index (Phi) is 3.87. The van der Waals surface area contributed by atoms with Crippen LogP contribution in [0.3, 0.4) is 0 Å². The van der Waals surface area contributed by atoms with Gasteiger partial charge in [-0.05, 0) is 31.0 Å². The van der Waals surface area contributed by atoms with Gasteiger partial charge in [0, 0.05) is 16.3 Å². The van der Waals surface area contributed by atoms with Crippen LogP contribution in [0.1, 0.15) is 29.6 Å². The predicted octanol–water partition coefficient (Wildman–Crippen LogP) is 3.26. The van der Waals surface area contributed by atoms with Crippen LogP contribution >= 0.6 is 28.6 Å². The van der Waals surface area contributed by atoms with Crippen molar-refractivity contribution < 1.29 is 14.3 Å². The van der Waals surface area contributed by atoms with E-state index < -0.39 is 0 Å². The summed E-state index contributed by atoms with van der Waals surface area (Å²) >= 11 is 7.88. The van der Waals surface area contributed by atoms with E-state index in [4.69, 9.17) is 9.47 Å². The van der Waals surface area contributed by atoms with Crippen molar-refractivity contribution in [2.45, 2.75) is 36.7 Å². The fourth-order valence-corrected chi connectivity index (χ4v) is 3.27. The lowest BCUT2D eigenvalue weighted by Gasteiger charge is -2.35. The van der Waals surface area contributed by atoms with Gasteiger partial charge in [-0.15, -0.1) is 0 Å². The lowest BCUT2D eigenvalue weighted by molar-refractivity contribution is -0.0521. The molecule has 19 heavy (non-hydrogen) atoms. The monoisotopic (exact) mass is 342 g/mol. The number of ether oxygens (including phenoxy) is 2. The quantitative estimate of drug-likeness (QED) is 0.795. The number of Topliss-reactive ketones (excluding diaryl/α,β-unsaturated/α-hetero) is 1. The summed E-state index contributed by atoms with van der Waals surface area (Å²) in [5.41, 5.74) is 0.656. The van der Waals surface area contributed by atoms with Crippen LogP contribution in [0.4, 0.5) is 0 Å². The molecule has 3 atom stereocenters. The molecule has 2 heterocycles. The maximum atomic E-state index is 12.2. The zero-order chi connectivity index (χ0) is 13.4. The molecule has 0 aliphatic carbocycles. The highest BCUT2D eigenvalue weighted by atomic mass is 79.9. The first-order valence-corrected chi connectivity index (χ1v) is 7.73. The summed E-state index contributed by atoms with van der Waals surface area (Å²) in [5.74, 6) is 0.784. The predicted molar refractivity (Wildman–Crippen MR) is 79.3 cm³/mol. The second-order valence-corrected chi connectivity index (χ2v) is 6.66. The Hall–Kier alpha value is -0.520. The molecule has 0 aromatic heterocycles. The number of halogens is 1. The number of hydrogen-bond donors (Lipinski definition) is 1. The summed E-state index contributed by atoms with van der Waals surface area (Å²) in [6, 6.07) is 5.54. The highest BCUT2D eigenvalue weighted by Crippen LogP contribution is 2.33. The molecule has 2 aliphatic rings. The minimum Gasteiger partial charge on any atom is -0.486 e. The Labute approximate surface area is 126 Å². The summed E-state index contributed by atoms with van der Waals surface area (Å²) in [7, 11) is 0. The molecule has 2 aliphatic heterocycles. The van der Waals surface area contributed by atoms with Crippen molar-refractivity contribution in [3.63, 3.8) is 0 Å². The number of hydrogen-bond acceptors (Lipinski definition) is 4. The first-order valence-electron chi connectivity index (χ1n) is 6.42. The van der Waals surface area contributed by atoms with Crippen LogP contribution in [-0.2, 0) is 4.74 Å². The molecule has 0 N–H and O–H groups in total. The minimum absolute atomic E-state index is 0.0306. The average Bonchev–Trinajstić information content (AvgIpc) is 2.39. The molecule has 1 fully saturated rings. The molecule has 3 rings (SSSR count). The Bertz CT molecular complexity index is 505. The van der Waals surface area contributed by atoms with Gasteiger partial charge in [-0.3, -0.25) is 4.79 Å². The molecule has 3 unspecified atom stereocenters. The molecule has 0 bridgehead atoms. The largest absolute Gasteiger partial charge is 0.486 e. The first kappa shape index (κ1) is 13.5. The number of ketones is 1. The highest BCUT2D eigenvalue weighted by molar-refractivity contribution is 9.10. The fourth-order valence-electron chi connectivity index (χ4n) is 2.60. The molecule has 1 aromatic rings. The standard InChI is InChI=1S/C14H15BrO3S/c15-8-1-2-12-10(5-8)11(16)7-14(18-12)13-6-9(19)3-4-17-13/h1-2,5,9,13-14,19H,3-4,6-7H2. The Morgan fingerprint density at radius 1 is 1.32 bits per heavy atom. The van der Waals surface area contributed by atoms with Crippen molar-refractivity contribution in [3.05, 3.63) is 28.2 Å². The van der Waals surface area contributed by atoms with Gasteiger partial charge in [0.2, 0.25) is 0 Å². The third kappa shape index (κ3) is 2.83. The summed E-state index contributed by atoms with van der Waals surface area (Å²) in [4.78, 5) is 12.2. The van der Waals surface area contributed by atoms with Crippen LogP contribution in [0.5, 0.6) is 5.75 Å². The molecule has 102 valence electrons. The van der Waals surface area contributed by atoms with Crippen molar-refractivity contribution in [2.24, 2.45) is 0 Å². The van der Waals surface area contributed by atoms with Gasteiger partial charge in [0.15, 0.2) is 5.78 Å². The Morgan fingerprint density at radius 3 is 2.95 bits per heavy atom. The van der Waals surface area contributed by atoms with Gasteiger partial charge in [0.05, 0.1) is 18.1 Å². The molecule has 1 saturated heterocycles. The van der Waals surface area contributed by atoms with Crippen LogP contribution in [0.25, 0.3) is 0 Å². The number of fused-ring (bicyclic) bond motifs is 1. The molecule has 0 spiro atoms. The lowest BCUT2D eigenvalue weighted by Crippen LogP contribution is -2.42. The lowest BCUT2D eigenvalue weighted by atomic mass is 9.94. The Balaban J connectivity index is 1.81. The second-order valence-electron chi connectivity index (χ2n) is 5.01. The van der Waals surface area contributed by atoms with Gasteiger partial charge in [0.1, 0.15) is 11.9 Å². The Morgan fingerprint density at radius 2 is 2.16 bits per heavy atom. The van der Waals surface area contributed by atoms with E-state index in [9.17, 15) is 4.79 Å². The average molecular weight is 343 g/mol. The second kappa shape index (κ2) is 5.46. The van der Waals surface area contributed by atoms with Crippen LogP contribution < -0.4 is 4.74 Å². The van der Waals surface area contributed by atoms with Crippen LogP contribution in [-0.4, -0.2) is 29.8 Å². The van der Waals surface area contributed by atoms with Gasteiger partial charge < -0.3 is 9.47 Å². The maximum Gasteiger partial charge on any atom is 0.170 e. The van der Waals surface area contributed by atoms with Gasteiger partial charge in [0.25, 0.3) is 0 Å². The molecule has 1 aromatic carbocycles. The van der Waals surface area contributed by atoms with E-state index in [1.165, 1.54) is 0 Å². The van der Waals surface area contributed by atoms with Gasteiger partial charge in [-0.2, -0.15) is 12.6 Å². The van der Waals surface area contributed by atoms with E-state index >= 15 is 0 Å². The maximum absolute atomic E-state index is 12.2.